The number of Topliss-reactive ketones (excluding diaryl/α,β-unsaturated/α-hetero) is 1. The Morgan fingerprint density at radius 3 is 2.37 bits per heavy atom. The van der Waals surface area contributed by atoms with E-state index in [0.29, 0.717) is 25.9 Å². The Morgan fingerprint density at radius 2 is 1.95 bits per heavy atom. The largest absolute Gasteiger partial charge is 0.444 e. The first-order valence-electron chi connectivity index (χ1n) is 6.60. The zero-order chi connectivity index (χ0) is 14.3. The third-order valence-corrected chi connectivity index (χ3v) is 3.62. The van der Waals surface area contributed by atoms with E-state index in [2.05, 4.69) is 0 Å². The summed E-state index contributed by atoms with van der Waals surface area (Å²) in [6, 6.07) is 0. The van der Waals surface area contributed by atoms with Gasteiger partial charge < -0.3 is 9.64 Å². The molecule has 0 aromatic carbocycles. The van der Waals surface area contributed by atoms with Crippen LogP contribution < -0.4 is 0 Å². The highest BCUT2D eigenvalue weighted by molar-refractivity contribution is 5.96. The first kappa shape index (κ1) is 14.0. The molecule has 1 spiro atoms. The van der Waals surface area contributed by atoms with Crippen LogP contribution in [0, 0.1) is 5.41 Å². The molecule has 0 atom stereocenters. The Labute approximate surface area is 112 Å². The van der Waals surface area contributed by atoms with Gasteiger partial charge in [-0.15, -0.1) is 0 Å². The first-order chi connectivity index (χ1) is 8.71. The van der Waals surface area contributed by atoms with Crippen molar-refractivity contribution in [2.75, 3.05) is 13.1 Å². The van der Waals surface area contributed by atoms with Crippen LogP contribution in [-0.2, 0) is 9.53 Å². The van der Waals surface area contributed by atoms with Gasteiger partial charge in [0.25, 0.3) is 0 Å². The monoisotopic (exact) mass is 269 g/mol. The molecule has 1 amide bonds. The third kappa shape index (κ3) is 3.14. The van der Waals surface area contributed by atoms with Gasteiger partial charge in [-0.05, 0) is 39.7 Å². The molecule has 0 radical (unpaired) electrons. The average Bonchev–Trinajstić information content (AvgIpc) is 2.52. The van der Waals surface area contributed by atoms with E-state index in [0.717, 1.165) is 0 Å². The Balaban J connectivity index is 1.93. The van der Waals surface area contributed by atoms with E-state index in [1.54, 1.807) is 4.90 Å². The smallest absolute Gasteiger partial charge is 0.410 e. The summed E-state index contributed by atoms with van der Waals surface area (Å²) in [6.45, 7) is 6.48. The lowest BCUT2D eigenvalue weighted by atomic mass is 9.78. The second-order valence-corrected chi connectivity index (χ2v) is 6.42. The summed E-state index contributed by atoms with van der Waals surface area (Å²) < 4.78 is 18.5. The Bertz CT molecular complexity index is 428. The molecule has 2 aliphatic rings. The number of nitrogens with zero attached hydrogens (tertiary/aromatic N) is 1. The molecule has 1 saturated heterocycles. The van der Waals surface area contributed by atoms with Crippen molar-refractivity contribution >= 4 is 11.9 Å². The fraction of sp³-hybridized carbons (Fsp3) is 0.714. The number of carbonyl (C=O) groups excluding carboxylic acids is 2. The minimum absolute atomic E-state index is 0.237. The van der Waals surface area contributed by atoms with Crippen LogP contribution in [0.1, 0.15) is 40.0 Å². The molecule has 1 heterocycles. The molecule has 0 unspecified atom stereocenters. The van der Waals surface area contributed by atoms with Crippen LogP contribution in [0.5, 0.6) is 0 Å². The molecule has 0 bridgehead atoms. The molecule has 1 aliphatic heterocycles. The summed E-state index contributed by atoms with van der Waals surface area (Å²) in [6.07, 6.45) is 2.58. The maximum absolute atomic E-state index is 13.2. The zero-order valence-corrected chi connectivity index (χ0v) is 11.7. The second-order valence-electron chi connectivity index (χ2n) is 6.42. The summed E-state index contributed by atoms with van der Waals surface area (Å²) in [5.74, 6) is -1.03. The summed E-state index contributed by atoms with van der Waals surface area (Å²) in [7, 11) is 0. The molecule has 0 saturated carbocycles. The summed E-state index contributed by atoms with van der Waals surface area (Å²) in [5.41, 5.74) is -0.888. The Hall–Kier alpha value is -1.39. The van der Waals surface area contributed by atoms with Crippen molar-refractivity contribution in [1.82, 2.24) is 4.90 Å². The van der Waals surface area contributed by atoms with Gasteiger partial charge in [-0.25, -0.2) is 9.18 Å². The quantitative estimate of drug-likeness (QED) is 0.679. The number of allylic oxidation sites excluding steroid dienone is 2. The van der Waals surface area contributed by atoms with E-state index >= 15 is 0 Å². The first-order valence-corrected chi connectivity index (χ1v) is 6.60. The van der Waals surface area contributed by atoms with Crippen molar-refractivity contribution in [3.05, 3.63) is 11.9 Å². The minimum atomic E-state index is -0.620. The molecule has 4 nitrogen and oxygen atoms in total. The lowest BCUT2D eigenvalue weighted by molar-refractivity contribution is -0.117. The van der Waals surface area contributed by atoms with E-state index in [4.69, 9.17) is 4.74 Å². The third-order valence-electron chi connectivity index (χ3n) is 3.62. The predicted octanol–water partition coefficient (Wildman–Crippen LogP) is 2.83. The van der Waals surface area contributed by atoms with Gasteiger partial charge in [0, 0.05) is 24.9 Å². The molecule has 0 N–H and O–H groups in total. The van der Waals surface area contributed by atoms with Crippen LogP contribution in [0.3, 0.4) is 0 Å². The molecule has 19 heavy (non-hydrogen) atoms. The SMILES string of the molecule is CC(C)(C)OC(=O)N1CCC2(C=C(F)C(=O)C2)CC1. The summed E-state index contributed by atoms with van der Waals surface area (Å²) in [4.78, 5) is 24.8. The number of amides is 1. The van der Waals surface area contributed by atoms with E-state index in [9.17, 15) is 14.0 Å². The predicted molar refractivity (Wildman–Crippen MR) is 68.3 cm³/mol. The van der Waals surface area contributed by atoms with Crippen LogP contribution in [0.2, 0.25) is 0 Å². The highest BCUT2D eigenvalue weighted by Gasteiger charge is 2.42. The van der Waals surface area contributed by atoms with Crippen molar-refractivity contribution < 1.29 is 18.7 Å². The van der Waals surface area contributed by atoms with Gasteiger partial charge >= 0.3 is 6.09 Å². The van der Waals surface area contributed by atoms with Crippen molar-refractivity contribution in [2.24, 2.45) is 5.41 Å². The van der Waals surface area contributed by atoms with Crippen molar-refractivity contribution in [1.29, 1.82) is 0 Å². The fourth-order valence-electron chi connectivity index (χ4n) is 2.59. The second kappa shape index (κ2) is 4.62. The molecule has 5 heteroatoms. The number of piperidine rings is 1. The molecular formula is C14H20FNO3. The lowest BCUT2D eigenvalue weighted by Gasteiger charge is -2.38. The molecule has 0 aromatic rings. The topological polar surface area (TPSA) is 46.6 Å². The number of carbonyl (C=O) groups is 2. The van der Waals surface area contributed by atoms with E-state index in [1.807, 2.05) is 20.8 Å². The fourth-order valence-corrected chi connectivity index (χ4v) is 2.59. The van der Waals surface area contributed by atoms with Gasteiger partial charge in [-0.3, -0.25) is 4.79 Å². The minimum Gasteiger partial charge on any atom is -0.444 e. The van der Waals surface area contributed by atoms with Crippen LogP contribution >= 0.6 is 0 Å². The normalized spacial score (nSPS) is 22.6. The van der Waals surface area contributed by atoms with Crippen molar-refractivity contribution in [3.63, 3.8) is 0 Å². The van der Waals surface area contributed by atoms with Crippen LogP contribution in [0.15, 0.2) is 11.9 Å². The number of hydrogen-bond donors (Lipinski definition) is 0. The van der Waals surface area contributed by atoms with Crippen LogP contribution in [0.4, 0.5) is 9.18 Å². The maximum atomic E-state index is 13.2. The highest BCUT2D eigenvalue weighted by atomic mass is 19.1. The van der Waals surface area contributed by atoms with E-state index < -0.39 is 17.2 Å². The molecule has 1 aliphatic carbocycles. The maximum Gasteiger partial charge on any atom is 0.410 e. The van der Waals surface area contributed by atoms with E-state index in [1.165, 1.54) is 6.08 Å². The Kier molecular flexibility index (Phi) is 3.41. The van der Waals surface area contributed by atoms with Gasteiger partial charge in [0.15, 0.2) is 11.6 Å². The van der Waals surface area contributed by atoms with Gasteiger partial charge in [0.1, 0.15) is 5.60 Å². The Morgan fingerprint density at radius 1 is 1.37 bits per heavy atom. The molecular weight excluding hydrogens is 249 g/mol. The average molecular weight is 269 g/mol. The molecule has 0 aromatic heterocycles. The summed E-state index contributed by atoms with van der Waals surface area (Å²) in [5, 5.41) is 0. The van der Waals surface area contributed by atoms with Gasteiger partial charge in [0.05, 0.1) is 0 Å². The highest BCUT2D eigenvalue weighted by Crippen LogP contribution is 2.43. The van der Waals surface area contributed by atoms with Crippen LogP contribution in [-0.4, -0.2) is 35.5 Å². The van der Waals surface area contributed by atoms with Crippen molar-refractivity contribution in [2.45, 2.75) is 45.6 Å². The zero-order valence-electron chi connectivity index (χ0n) is 11.7. The van der Waals surface area contributed by atoms with Gasteiger partial charge in [0.2, 0.25) is 0 Å². The number of hydrogen-bond acceptors (Lipinski definition) is 3. The number of rotatable bonds is 0. The van der Waals surface area contributed by atoms with E-state index in [-0.39, 0.29) is 17.9 Å². The number of halogens is 1. The molecule has 2 rings (SSSR count). The lowest BCUT2D eigenvalue weighted by Crippen LogP contribution is -2.44. The number of ketones is 1. The van der Waals surface area contributed by atoms with Gasteiger partial charge in [-0.2, -0.15) is 0 Å². The van der Waals surface area contributed by atoms with Gasteiger partial charge in [-0.1, -0.05) is 0 Å². The van der Waals surface area contributed by atoms with Crippen molar-refractivity contribution in [3.8, 4) is 0 Å². The summed E-state index contributed by atoms with van der Waals surface area (Å²) >= 11 is 0. The molecule has 1 fully saturated rings. The standard InChI is InChI=1S/C14H20FNO3/c1-13(2,3)19-12(18)16-6-4-14(5-7-16)8-10(15)11(17)9-14/h8H,4-7,9H2,1-3H3. The number of ether oxygens (including phenoxy) is 1. The molecule has 106 valence electrons. The number of likely N-dealkylation sites (tertiary alicyclic amines) is 1. The van der Waals surface area contributed by atoms with Crippen LogP contribution in [0.25, 0.3) is 0 Å².